The molecule has 0 radical (unpaired) electrons. The summed E-state index contributed by atoms with van der Waals surface area (Å²) >= 11 is 0. The van der Waals surface area contributed by atoms with Crippen molar-refractivity contribution in [2.45, 2.75) is 13.0 Å². The van der Waals surface area contributed by atoms with E-state index in [1.807, 2.05) is 24.3 Å². The summed E-state index contributed by atoms with van der Waals surface area (Å²) in [5.74, 6) is 0.00320. The molecule has 0 fully saturated rings. The Bertz CT molecular complexity index is 631. The summed E-state index contributed by atoms with van der Waals surface area (Å²) in [5.41, 5.74) is 6.13. The number of oxime groups is 1. The first-order chi connectivity index (χ1) is 8.15. The molecule has 0 spiro atoms. The number of amidine groups is 1. The van der Waals surface area contributed by atoms with Crippen LogP contribution in [0.2, 0.25) is 0 Å². The molecule has 88 valence electrons. The summed E-state index contributed by atoms with van der Waals surface area (Å²) in [6.45, 7) is 1.71. The minimum absolute atomic E-state index is 0.00320. The molecule has 1 aromatic heterocycles. The normalized spacial score (nSPS) is 13.8. The van der Waals surface area contributed by atoms with Gasteiger partial charge in [-0.3, -0.25) is 9.36 Å². The molecule has 17 heavy (non-hydrogen) atoms. The van der Waals surface area contributed by atoms with Gasteiger partial charge in [0.25, 0.3) is 5.56 Å². The van der Waals surface area contributed by atoms with Crippen LogP contribution in [0.1, 0.15) is 13.0 Å². The lowest BCUT2D eigenvalue weighted by atomic mass is 10.2. The number of fused-ring (bicyclic) bond motifs is 1. The predicted molar refractivity (Wildman–Crippen MR) is 66.3 cm³/mol. The van der Waals surface area contributed by atoms with E-state index in [2.05, 4.69) is 5.16 Å². The van der Waals surface area contributed by atoms with Gasteiger partial charge in [-0.15, -0.1) is 0 Å². The van der Waals surface area contributed by atoms with Crippen molar-refractivity contribution in [1.82, 2.24) is 4.57 Å². The van der Waals surface area contributed by atoms with Crippen LogP contribution in [-0.2, 0) is 0 Å². The number of rotatable bonds is 2. The van der Waals surface area contributed by atoms with E-state index in [0.29, 0.717) is 0 Å². The maximum absolute atomic E-state index is 11.9. The van der Waals surface area contributed by atoms with Crippen LogP contribution in [0.5, 0.6) is 0 Å². The van der Waals surface area contributed by atoms with Gasteiger partial charge in [0.2, 0.25) is 0 Å². The van der Waals surface area contributed by atoms with E-state index in [-0.39, 0.29) is 11.4 Å². The van der Waals surface area contributed by atoms with Crippen molar-refractivity contribution >= 4 is 16.7 Å². The van der Waals surface area contributed by atoms with Crippen LogP contribution in [0.25, 0.3) is 10.9 Å². The largest absolute Gasteiger partial charge is 0.409 e. The number of nitrogens with two attached hydrogens (primary N) is 1. The van der Waals surface area contributed by atoms with E-state index in [1.165, 1.54) is 10.6 Å². The van der Waals surface area contributed by atoms with Crippen molar-refractivity contribution in [1.29, 1.82) is 0 Å². The molecule has 1 heterocycles. The molecule has 0 aliphatic rings. The topological polar surface area (TPSA) is 80.6 Å². The first kappa shape index (κ1) is 11.2. The van der Waals surface area contributed by atoms with Gasteiger partial charge in [-0.1, -0.05) is 23.4 Å². The van der Waals surface area contributed by atoms with Crippen LogP contribution in [0.3, 0.4) is 0 Å². The van der Waals surface area contributed by atoms with Gasteiger partial charge in [0, 0.05) is 6.07 Å². The summed E-state index contributed by atoms with van der Waals surface area (Å²) < 4.78 is 1.50. The van der Waals surface area contributed by atoms with Crippen molar-refractivity contribution in [3.05, 3.63) is 46.8 Å². The van der Waals surface area contributed by atoms with Gasteiger partial charge in [-0.05, 0) is 24.4 Å². The highest BCUT2D eigenvalue weighted by Crippen LogP contribution is 2.15. The Kier molecular flexibility index (Phi) is 2.82. The van der Waals surface area contributed by atoms with Crippen molar-refractivity contribution < 1.29 is 5.21 Å². The van der Waals surface area contributed by atoms with Gasteiger partial charge in [0.05, 0.1) is 11.6 Å². The Morgan fingerprint density at radius 3 is 2.76 bits per heavy atom. The number of aromatic nitrogens is 1. The first-order valence-corrected chi connectivity index (χ1v) is 5.23. The first-order valence-electron chi connectivity index (χ1n) is 5.23. The van der Waals surface area contributed by atoms with Crippen LogP contribution in [0, 0.1) is 0 Å². The standard InChI is InChI=1S/C12H13N3O2/c1-8(12(13)14-17)15-10-5-3-2-4-9(10)6-7-11(15)16/h2-8,17H,1H3,(H2,13,14)/t8-/m0/s1. The zero-order chi connectivity index (χ0) is 12.4. The Morgan fingerprint density at radius 1 is 1.35 bits per heavy atom. The highest BCUT2D eigenvalue weighted by atomic mass is 16.4. The van der Waals surface area contributed by atoms with Gasteiger partial charge in [0.15, 0.2) is 5.84 Å². The molecule has 0 saturated carbocycles. The smallest absolute Gasteiger partial charge is 0.251 e. The fraction of sp³-hybridized carbons (Fsp3) is 0.167. The SMILES string of the molecule is C[C@@H](/C(N)=N\O)n1c(=O)ccc2ccccc21. The van der Waals surface area contributed by atoms with Gasteiger partial charge >= 0.3 is 0 Å². The maximum atomic E-state index is 11.9. The minimum atomic E-state index is -0.487. The fourth-order valence-electron chi connectivity index (χ4n) is 1.82. The van der Waals surface area contributed by atoms with Crippen molar-refractivity contribution in [3.63, 3.8) is 0 Å². The molecule has 5 nitrogen and oxygen atoms in total. The Balaban J connectivity index is 2.75. The van der Waals surface area contributed by atoms with Crippen molar-refractivity contribution in [2.24, 2.45) is 10.9 Å². The van der Waals surface area contributed by atoms with Crippen molar-refractivity contribution in [2.75, 3.05) is 0 Å². The zero-order valence-electron chi connectivity index (χ0n) is 9.37. The molecule has 0 aliphatic heterocycles. The maximum Gasteiger partial charge on any atom is 0.251 e. The third-order valence-electron chi connectivity index (χ3n) is 2.77. The molecule has 3 N–H and O–H groups in total. The molecule has 1 atom stereocenters. The van der Waals surface area contributed by atoms with E-state index >= 15 is 0 Å². The van der Waals surface area contributed by atoms with Gasteiger partial charge in [-0.2, -0.15) is 0 Å². The molecule has 1 aromatic carbocycles. The number of pyridine rings is 1. The van der Waals surface area contributed by atoms with Crippen LogP contribution in [-0.4, -0.2) is 15.6 Å². The molecular formula is C12H13N3O2. The summed E-state index contributed by atoms with van der Waals surface area (Å²) in [7, 11) is 0. The Hall–Kier alpha value is -2.30. The van der Waals surface area contributed by atoms with Crippen molar-refractivity contribution in [3.8, 4) is 0 Å². The summed E-state index contributed by atoms with van der Waals surface area (Å²) in [6, 6.07) is 10.2. The second-order valence-electron chi connectivity index (χ2n) is 3.80. The number of benzene rings is 1. The average Bonchev–Trinajstić information content (AvgIpc) is 2.37. The second kappa shape index (κ2) is 4.29. The molecule has 2 rings (SSSR count). The monoisotopic (exact) mass is 231 g/mol. The van der Waals surface area contributed by atoms with E-state index < -0.39 is 6.04 Å². The zero-order valence-corrected chi connectivity index (χ0v) is 9.37. The molecule has 0 bridgehead atoms. The predicted octanol–water partition coefficient (Wildman–Crippen LogP) is 1.31. The molecular weight excluding hydrogens is 218 g/mol. The van der Waals surface area contributed by atoms with E-state index in [9.17, 15) is 4.79 Å². The third-order valence-corrected chi connectivity index (χ3v) is 2.77. The summed E-state index contributed by atoms with van der Waals surface area (Å²) in [4.78, 5) is 11.9. The lowest BCUT2D eigenvalue weighted by Crippen LogP contribution is -2.32. The van der Waals surface area contributed by atoms with E-state index in [1.54, 1.807) is 13.0 Å². The minimum Gasteiger partial charge on any atom is -0.409 e. The molecule has 0 saturated heterocycles. The summed E-state index contributed by atoms with van der Waals surface area (Å²) in [5, 5.41) is 12.6. The molecule has 0 amide bonds. The highest BCUT2D eigenvalue weighted by Gasteiger charge is 2.13. The lowest BCUT2D eigenvalue weighted by molar-refractivity contribution is 0.314. The number of hydrogen-bond acceptors (Lipinski definition) is 3. The third kappa shape index (κ3) is 1.87. The van der Waals surface area contributed by atoms with Gasteiger partial charge < -0.3 is 10.9 Å². The van der Waals surface area contributed by atoms with E-state index in [0.717, 1.165) is 10.9 Å². The molecule has 2 aromatic rings. The Morgan fingerprint density at radius 2 is 2.06 bits per heavy atom. The highest BCUT2D eigenvalue weighted by molar-refractivity contribution is 5.86. The van der Waals surface area contributed by atoms with Crippen LogP contribution >= 0.6 is 0 Å². The van der Waals surface area contributed by atoms with Gasteiger partial charge in [0.1, 0.15) is 0 Å². The molecule has 0 unspecified atom stereocenters. The van der Waals surface area contributed by atoms with Crippen LogP contribution in [0.4, 0.5) is 0 Å². The molecule has 5 heteroatoms. The Labute approximate surface area is 97.8 Å². The average molecular weight is 231 g/mol. The fourth-order valence-corrected chi connectivity index (χ4v) is 1.82. The molecule has 0 aliphatic carbocycles. The summed E-state index contributed by atoms with van der Waals surface area (Å²) in [6.07, 6.45) is 0. The van der Waals surface area contributed by atoms with Crippen LogP contribution < -0.4 is 11.3 Å². The van der Waals surface area contributed by atoms with Gasteiger partial charge in [-0.25, -0.2) is 0 Å². The lowest BCUT2D eigenvalue weighted by Gasteiger charge is -2.16. The number of nitrogens with zero attached hydrogens (tertiary/aromatic N) is 2. The van der Waals surface area contributed by atoms with Crippen LogP contribution in [0.15, 0.2) is 46.3 Å². The second-order valence-corrected chi connectivity index (χ2v) is 3.80. The number of para-hydroxylation sites is 1. The quantitative estimate of drug-likeness (QED) is 0.354. The number of hydrogen-bond donors (Lipinski definition) is 2. The van der Waals surface area contributed by atoms with E-state index in [4.69, 9.17) is 10.9 Å².